The number of fused-ring (bicyclic) bond motifs is 1. The average Bonchev–Trinajstić information content (AvgIpc) is 2.96. The van der Waals surface area contributed by atoms with Crippen LogP contribution in [0.4, 0.5) is 0 Å². The Morgan fingerprint density at radius 3 is 2.63 bits per heavy atom. The molecule has 2 heterocycles. The van der Waals surface area contributed by atoms with Crippen molar-refractivity contribution in [3.8, 4) is 22.9 Å². The predicted molar refractivity (Wildman–Crippen MR) is 97.4 cm³/mol. The molecule has 0 atom stereocenters. The topological polar surface area (TPSA) is 91.5 Å². The van der Waals surface area contributed by atoms with E-state index in [1.807, 2.05) is 31.2 Å². The van der Waals surface area contributed by atoms with Crippen molar-refractivity contribution in [1.82, 2.24) is 10.1 Å². The van der Waals surface area contributed by atoms with Crippen LogP contribution in [0, 0.1) is 6.92 Å². The fourth-order valence-corrected chi connectivity index (χ4v) is 4.00. The van der Waals surface area contributed by atoms with Crippen molar-refractivity contribution in [3.05, 3.63) is 53.9 Å². The van der Waals surface area contributed by atoms with Gasteiger partial charge in [0.05, 0.1) is 18.1 Å². The summed E-state index contributed by atoms with van der Waals surface area (Å²) in [5, 5.41) is 3.91. The van der Waals surface area contributed by atoms with Gasteiger partial charge in [0.15, 0.2) is 21.3 Å². The Bertz CT molecular complexity index is 1080. The lowest BCUT2D eigenvalue weighted by Crippen LogP contribution is -2.06. The fourth-order valence-electron chi connectivity index (χ4n) is 2.83. The minimum atomic E-state index is -3.67. The Balaban J connectivity index is 1.59. The molecule has 0 fully saturated rings. The lowest BCUT2D eigenvalue weighted by atomic mass is 10.1. The Labute approximate surface area is 156 Å². The summed E-state index contributed by atoms with van der Waals surface area (Å²) in [6, 6.07) is 12.2. The van der Waals surface area contributed by atoms with E-state index in [1.54, 1.807) is 6.07 Å². The minimum absolute atomic E-state index is 0.0420. The van der Waals surface area contributed by atoms with E-state index in [0.717, 1.165) is 17.5 Å². The molecule has 0 N–H and O–H groups in total. The molecule has 27 heavy (non-hydrogen) atoms. The quantitative estimate of drug-likeness (QED) is 0.680. The molecule has 0 aliphatic carbocycles. The smallest absolute Gasteiger partial charge is 0.242 e. The van der Waals surface area contributed by atoms with Crippen LogP contribution in [-0.4, -0.2) is 31.8 Å². The Morgan fingerprint density at radius 1 is 1.04 bits per heavy atom. The summed E-state index contributed by atoms with van der Waals surface area (Å²) < 4.78 is 41.8. The SMILES string of the molecule is Cc1ccccc1-c1noc(CS(=O)(=O)c2ccc3c(c2)OCCCO3)n1. The highest BCUT2D eigenvalue weighted by atomic mass is 32.2. The van der Waals surface area contributed by atoms with Gasteiger partial charge in [0, 0.05) is 18.1 Å². The molecule has 0 saturated carbocycles. The van der Waals surface area contributed by atoms with Gasteiger partial charge in [0.25, 0.3) is 0 Å². The van der Waals surface area contributed by atoms with Crippen molar-refractivity contribution in [2.24, 2.45) is 0 Å². The summed E-state index contributed by atoms with van der Waals surface area (Å²) in [6.45, 7) is 2.96. The van der Waals surface area contributed by atoms with E-state index in [9.17, 15) is 8.42 Å². The van der Waals surface area contributed by atoms with E-state index in [2.05, 4.69) is 10.1 Å². The van der Waals surface area contributed by atoms with Gasteiger partial charge in [-0.25, -0.2) is 8.42 Å². The standard InChI is InChI=1S/C19H18N2O5S/c1-13-5-2-3-6-15(13)19-20-18(26-21-19)12-27(22,23)14-7-8-16-17(11-14)25-10-4-9-24-16/h2-3,5-8,11H,4,9-10,12H2,1H3. The van der Waals surface area contributed by atoms with Crippen molar-refractivity contribution in [2.75, 3.05) is 13.2 Å². The highest BCUT2D eigenvalue weighted by molar-refractivity contribution is 7.90. The summed E-state index contributed by atoms with van der Waals surface area (Å²) in [5.41, 5.74) is 1.79. The van der Waals surface area contributed by atoms with Crippen LogP contribution in [0.5, 0.6) is 11.5 Å². The number of aromatic nitrogens is 2. The first kappa shape index (κ1) is 17.5. The zero-order chi connectivity index (χ0) is 18.9. The van der Waals surface area contributed by atoms with Crippen molar-refractivity contribution in [1.29, 1.82) is 0 Å². The number of sulfone groups is 1. The third-order valence-electron chi connectivity index (χ3n) is 4.25. The van der Waals surface area contributed by atoms with Gasteiger partial charge in [-0.1, -0.05) is 29.4 Å². The first-order valence-electron chi connectivity index (χ1n) is 8.54. The van der Waals surface area contributed by atoms with E-state index in [0.29, 0.717) is 30.5 Å². The van der Waals surface area contributed by atoms with Gasteiger partial charge in [-0.3, -0.25) is 0 Å². The molecule has 2 aromatic carbocycles. The molecule has 140 valence electrons. The highest BCUT2D eigenvalue weighted by Crippen LogP contribution is 2.33. The molecular formula is C19H18N2O5S. The Kier molecular flexibility index (Phi) is 4.57. The van der Waals surface area contributed by atoms with Crippen LogP contribution in [0.2, 0.25) is 0 Å². The maximum Gasteiger partial charge on any atom is 0.242 e. The van der Waals surface area contributed by atoms with Gasteiger partial charge in [-0.15, -0.1) is 0 Å². The first-order valence-corrected chi connectivity index (χ1v) is 10.2. The molecule has 0 spiro atoms. The number of nitrogens with zero attached hydrogens (tertiary/aromatic N) is 2. The molecular weight excluding hydrogens is 368 g/mol. The molecule has 0 unspecified atom stereocenters. The molecule has 8 heteroatoms. The van der Waals surface area contributed by atoms with Gasteiger partial charge < -0.3 is 14.0 Å². The van der Waals surface area contributed by atoms with Crippen LogP contribution in [0.25, 0.3) is 11.4 Å². The van der Waals surface area contributed by atoms with Crippen molar-refractivity contribution in [2.45, 2.75) is 24.0 Å². The lowest BCUT2D eigenvalue weighted by molar-refractivity contribution is 0.297. The molecule has 1 aliphatic heterocycles. The molecule has 3 aromatic rings. The number of aryl methyl sites for hydroxylation is 1. The molecule has 0 amide bonds. The van der Waals surface area contributed by atoms with E-state index < -0.39 is 9.84 Å². The van der Waals surface area contributed by atoms with Gasteiger partial charge in [-0.05, 0) is 24.6 Å². The second-order valence-corrected chi connectivity index (χ2v) is 8.23. The highest BCUT2D eigenvalue weighted by Gasteiger charge is 2.23. The molecule has 0 bridgehead atoms. The van der Waals surface area contributed by atoms with Gasteiger partial charge in [0.2, 0.25) is 11.7 Å². The van der Waals surface area contributed by atoms with E-state index in [-0.39, 0.29) is 16.5 Å². The Hall–Kier alpha value is -2.87. The second kappa shape index (κ2) is 7.03. The third-order valence-corrected chi connectivity index (χ3v) is 5.84. The largest absolute Gasteiger partial charge is 0.490 e. The van der Waals surface area contributed by atoms with Crippen molar-refractivity contribution in [3.63, 3.8) is 0 Å². The van der Waals surface area contributed by atoms with Gasteiger partial charge in [-0.2, -0.15) is 4.98 Å². The van der Waals surface area contributed by atoms with Gasteiger partial charge >= 0.3 is 0 Å². The van der Waals surface area contributed by atoms with Crippen molar-refractivity contribution >= 4 is 9.84 Å². The van der Waals surface area contributed by atoms with E-state index >= 15 is 0 Å². The summed E-state index contributed by atoms with van der Waals surface area (Å²) in [5.74, 6) is 1.01. The van der Waals surface area contributed by atoms with E-state index in [4.69, 9.17) is 14.0 Å². The monoisotopic (exact) mass is 386 g/mol. The minimum Gasteiger partial charge on any atom is -0.490 e. The molecule has 0 radical (unpaired) electrons. The normalized spacial score (nSPS) is 14.0. The van der Waals surface area contributed by atoms with Crippen LogP contribution in [-0.2, 0) is 15.6 Å². The maximum atomic E-state index is 12.8. The number of rotatable bonds is 4. The van der Waals surface area contributed by atoms with Crippen LogP contribution in [0.3, 0.4) is 0 Å². The van der Waals surface area contributed by atoms with Gasteiger partial charge in [0.1, 0.15) is 5.75 Å². The summed E-state index contributed by atoms with van der Waals surface area (Å²) in [6.07, 6.45) is 0.750. The lowest BCUT2D eigenvalue weighted by Gasteiger charge is -2.09. The molecule has 1 aliphatic rings. The third kappa shape index (κ3) is 3.66. The van der Waals surface area contributed by atoms with E-state index in [1.165, 1.54) is 12.1 Å². The predicted octanol–water partition coefficient (Wildman–Crippen LogP) is 3.18. The molecule has 0 saturated heterocycles. The second-order valence-electron chi connectivity index (χ2n) is 6.24. The number of hydrogen-bond acceptors (Lipinski definition) is 7. The molecule has 1 aromatic heterocycles. The number of benzene rings is 2. The van der Waals surface area contributed by atoms with Crippen LogP contribution in [0.1, 0.15) is 17.9 Å². The average molecular weight is 386 g/mol. The van der Waals surface area contributed by atoms with Crippen LogP contribution < -0.4 is 9.47 Å². The number of hydrogen-bond donors (Lipinski definition) is 0. The first-order chi connectivity index (χ1) is 13.0. The number of ether oxygens (including phenoxy) is 2. The summed E-state index contributed by atoms with van der Waals surface area (Å²) in [4.78, 5) is 4.37. The van der Waals surface area contributed by atoms with Crippen LogP contribution >= 0.6 is 0 Å². The summed E-state index contributed by atoms with van der Waals surface area (Å²) >= 11 is 0. The fraction of sp³-hybridized carbons (Fsp3) is 0.263. The van der Waals surface area contributed by atoms with Crippen molar-refractivity contribution < 1.29 is 22.4 Å². The zero-order valence-electron chi connectivity index (χ0n) is 14.7. The Morgan fingerprint density at radius 2 is 1.81 bits per heavy atom. The summed E-state index contributed by atoms with van der Waals surface area (Å²) in [7, 11) is -3.67. The maximum absolute atomic E-state index is 12.8. The van der Waals surface area contributed by atoms with Crippen LogP contribution in [0.15, 0.2) is 51.9 Å². The molecule has 7 nitrogen and oxygen atoms in total. The molecule has 4 rings (SSSR count). The zero-order valence-corrected chi connectivity index (χ0v) is 15.5.